The first-order valence-electron chi connectivity index (χ1n) is 7.35. The topological polar surface area (TPSA) is 61.4 Å². The molecular formula is C15H18F3N3O2S. The number of rotatable bonds is 3. The van der Waals surface area contributed by atoms with E-state index < -0.39 is 18.6 Å². The summed E-state index contributed by atoms with van der Waals surface area (Å²) in [4.78, 5) is 25.7. The van der Waals surface area contributed by atoms with Crippen LogP contribution in [0.15, 0.2) is 18.2 Å². The Morgan fingerprint density at radius 1 is 1.25 bits per heavy atom. The van der Waals surface area contributed by atoms with Gasteiger partial charge < -0.3 is 15.5 Å². The molecule has 132 valence electrons. The van der Waals surface area contributed by atoms with E-state index in [1.54, 1.807) is 29.7 Å². The number of amides is 3. The number of halogens is 3. The minimum Gasteiger partial charge on any atom is -0.343 e. The van der Waals surface area contributed by atoms with Crippen LogP contribution in [-0.4, -0.2) is 54.2 Å². The normalized spacial score (nSPS) is 15.1. The maximum Gasteiger partial charge on any atom is 0.405 e. The van der Waals surface area contributed by atoms with Crippen LogP contribution in [0.3, 0.4) is 0 Å². The van der Waals surface area contributed by atoms with Crippen LogP contribution in [-0.2, 0) is 0 Å². The van der Waals surface area contributed by atoms with Crippen LogP contribution in [0.5, 0.6) is 0 Å². The van der Waals surface area contributed by atoms with E-state index in [0.29, 0.717) is 18.8 Å². The number of anilines is 1. The Hall–Kier alpha value is -1.90. The molecule has 0 atom stereocenters. The lowest BCUT2D eigenvalue weighted by Crippen LogP contribution is -2.40. The number of nitrogens with one attached hydrogen (secondary N) is 2. The van der Waals surface area contributed by atoms with E-state index in [1.807, 2.05) is 5.32 Å². The van der Waals surface area contributed by atoms with Crippen molar-refractivity contribution < 1.29 is 22.8 Å². The highest BCUT2D eigenvalue weighted by Crippen LogP contribution is 2.19. The van der Waals surface area contributed by atoms with Crippen molar-refractivity contribution in [3.05, 3.63) is 29.3 Å². The SMILES string of the molecule is Cc1ccc(C(=O)NCC(F)(F)F)cc1NC(=O)N1CCSCC1. The van der Waals surface area contributed by atoms with Gasteiger partial charge in [-0.05, 0) is 24.6 Å². The van der Waals surface area contributed by atoms with E-state index in [4.69, 9.17) is 0 Å². The molecule has 0 aromatic heterocycles. The molecule has 0 aliphatic carbocycles. The number of aryl methyl sites for hydroxylation is 1. The summed E-state index contributed by atoms with van der Waals surface area (Å²) in [5, 5.41) is 4.54. The van der Waals surface area contributed by atoms with Crippen LogP contribution in [0.1, 0.15) is 15.9 Å². The van der Waals surface area contributed by atoms with Gasteiger partial charge in [0.15, 0.2) is 0 Å². The van der Waals surface area contributed by atoms with E-state index in [1.165, 1.54) is 12.1 Å². The molecule has 5 nitrogen and oxygen atoms in total. The Kier molecular flexibility index (Phi) is 5.98. The smallest absolute Gasteiger partial charge is 0.343 e. The zero-order valence-corrected chi connectivity index (χ0v) is 13.9. The number of nitrogens with zero attached hydrogens (tertiary/aromatic N) is 1. The summed E-state index contributed by atoms with van der Waals surface area (Å²) in [7, 11) is 0. The molecule has 9 heteroatoms. The molecule has 1 aromatic rings. The van der Waals surface area contributed by atoms with Gasteiger partial charge in [-0.15, -0.1) is 0 Å². The molecule has 1 aliphatic rings. The summed E-state index contributed by atoms with van der Waals surface area (Å²) >= 11 is 1.77. The fraction of sp³-hybridized carbons (Fsp3) is 0.467. The number of hydrogen-bond donors (Lipinski definition) is 2. The molecule has 0 radical (unpaired) electrons. The summed E-state index contributed by atoms with van der Waals surface area (Å²) in [6.07, 6.45) is -4.47. The Morgan fingerprint density at radius 2 is 1.92 bits per heavy atom. The van der Waals surface area contributed by atoms with E-state index in [2.05, 4.69) is 5.32 Å². The van der Waals surface area contributed by atoms with Gasteiger partial charge in [-0.3, -0.25) is 4.79 Å². The molecule has 24 heavy (non-hydrogen) atoms. The van der Waals surface area contributed by atoms with Gasteiger partial charge >= 0.3 is 12.2 Å². The van der Waals surface area contributed by atoms with Gasteiger partial charge in [0.25, 0.3) is 5.91 Å². The fourth-order valence-electron chi connectivity index (χ4n) is 2.14. The summed E-state index contributed by atoms with van der Waals surface area (Å²) in [6, 6.07) is 4.13. The number of thioether (sulfide) groups is 1. The van der Waals surface area contributed by atoms with Gasteiger partial charge in [0.2, 0.25) is 0 Å². The van der Waals surface area contributed by atoms with Crippen LogP contribution < -0.4 is 10.6 Å². The van der Waals surface area contributed by atoms with Crippen LogP contribution in [0.2, 0.25) is 0 Å². The molecule has 0 saturated carbocycles. The highest BCUT2D eigenvalue weighted by molar-refractivity contribution is 7.99. The molecule has 1 saturated heterocycles. The standard InChI is InChI=1S/C15H18F3N3O2S/c1-10-2-3-11(13(22)19-9-15(16,17)18)8-12(10)20-14(23)21-4-6-24-7-5-21/h2-3,8H,4-7,9H2,1H3,(H,19,22)(H,20,23). The van der Waals surface area contributed by atoms with Gasteiger partial charge in [0.05, 0.1) is 0 Å². The Morgan fingerprint density at radius 3 is 2.54 bits per heavy atom. The largest absolute Gasteiger partial charge is 0.405 e. The average molecular weight is 361 g/mol. The van der Waals surface area contributed by atoms with Crippen molar-refractivity contribution in [3.8, 4) is 0 Å². The highest BCUT2D eigenvalue weighted by atomic mass is 32.2. The molecule has 2 N–H and O–H groups in total. The summed E-state index contributed by atoms with van der Waals surface area (Å²) in [5.41, 5.74) is 1.20. The Balaban J connectivity index is 2.04. The zero-order valence-electron chi connectivity index (χ0n) is 13.1. The summed E-state index contributed by atoms with van der Waals surface area (Å²) in [5.74, 6) is 0.899. The number of benzene rings is 1. The van der Waals surface area contributed by atoms with Crippen LogP contribution in [0.25, 0.3) is 0 Å². The third kappa shape index (κ3) is 5.33. The van der Waals surface area contributed by atoms with Crippen molar-refractivity contribution in [2.24, 2.45) is 0 Å². The predicted octanol–water partition coefficient (Wildman–Crippen LogP) is 2.87. The van der Waals surface area contributed by atoms with Gasteiger partial charge in [-0.1, -0.05) is 6.07 Å². The monoisotopic (exact) mass is 361 g/mol. The summed E-state index contributed by atoms with van der Waals surface area (Å²) < 4.78 is 36.5. The molecule has 0 unspecified atom stereocenters. The van der Waals surface area contributed by atoms with E-state index in [0.717, 1.165) is 17.1 Å². The Labute approximate surface area is 142 Å². The third-order valence-electron chi connectivity index (χ3n) is 3.49. The minimum atomic E-state index is -4.47. The Bertz CT molecular complexity index is 616. The molecule has 3 amide bonds. The molecule has 1 heterocycles. The van der Waals surface area contributed by atoms with E-state index in [-0.39, 0.29) is 11.6 Å². The van der Waals surface area contributed by atoms with Crippen molar-refractivity contribution >= 4 is 29.4 Å². The van der Waals surface area contributed by atoms with Gasteiger partial charge in [0.1, 0.15) is 6.54 Å². The molecule has 1 fully saturated rings. The number of carbonyl (C=O) groups is 2. The van der Waals surface area contributed by atoms with Gasteiger partial charge in [0, 0.05) is 35.8 Å². The first-order chi connectivity index (χ1) is 11.3. The summed E-state index contributed by atoms with van der Waals surface area (Å²) in [6.45, 7) is 1.63. The van der Waals surface area contributed by atoms with Crippen LogP contribution >= 0.6 is 11.8 Å². The molecular weight excluding hydrogens is 343 g/mol. The molecule has 0 spiro atoms. The first-order valence-corrected chi connectivity index (χ1v) is 8.51. The maximum absolute atomic E-state index is 12.2. The van der Waals surface area contributed by atoms with Crippen molar-refractivity contribution in [1.82, 2.24) is 10.2 Å². The second-order valence-electron chi connectivity index (χ2n) is 5.36. The maximum atomic E-state index is 12.2. The predicted molar refractivity (Wildman–Crippen MR) is 87.5 cm³/mol. The second-order valence-corrected chi connectivity index (χ2v) is 6.58. The number of urea groups is 1. The lowest BCUT2D eigenvalue weighted by atomic mass is 10.1. The second kappa shape index (κ2) is 7.78. The fourth-order valence-corrected chi connectivity index (χ4v) is 3.04. The van der Waals surface area contributed by atoms with Crippen molar-refractivity contribution in [2.75, 3.05) is 36.5 Å². The van der Waals surface area contributed by atoms with Gasteiger partial charge in [-0.2, -0.15) is 24.9 Å². The lowest BCUT2D eigenvalue weighted by Gasteiger charge is -2.27. The lowest BCUT2D eigenvalue weighted by molar-refractivity contribution is -0.123. The van der Waals surface area contributed by atoms with Gasteiger partial charge in [-0.25, -0.2) is 4.79 Å². The zero-order chi connectivity index (χ0) is 17.7. The van der Waals surface area contributed by atoms with E-state index in [9.17, 15) is 22.8 Å². The first kappa shape index (κ1) is 18.4. The van der Waals surface area contributed by atoms with Crippen molar-refractivity contribution in [1.29, 1.82) is 0 Å². The quantitative estimate of drug-likeness (QED) is 0.870. The number of hydrogen-bond acceptors (Lipinski definition) is 3. The van der Waals surface area contributed by atoms with E-state index >= 15 is 0 Å². The minimum absolute atomic E-state index is 0.0642. The number of alkyl halides is 3. The molecule has 2 rings (SSSR count). The third-order valence-corrected chi connectivity index (χ3v) is 4.43. The van der Waals surface area contributed by atoms with Crippen molar-refractivity contribution in [2.45, 2.75) is 13.1 Å². The molecule has 0 bridgehead atoms. The average Bonchev–Trinajstić information content (AvgIpc) is 2.54. The van der Waals surface area contributed by atoms with Crippen molar-refractivity contribution in [3.63, 3.8) is 0 Å². The molecule has 1 aromatic carbocycles. The van der Waals surface area contributed by atoms with Crippen LogP contribution in [0.4, 0.5) is 23.7 Å². The highest BCUT2D eigenvalue weighted by Gasteiger charge is 2.28. The van der Waals surface area contributed by atoms with Crippen LogP contribution in [0, 0.1) is 6.92 Å². The molecule has 1 aliphatic heterocycles. The number of carbonyl (C=O) groups excluding carboxylic acids is 2.